The summed E-state index contributed by atoms with van der Waals surface area (Å²) in [5.41, 5.74) is 0.205. The summed E-state index contributed by atoms with van der Waals surface area (Å²) < 4.78 is 90.5. The molecule has 0 bridgehead atoms. The van der Waals surface area contributed by atoms with Crippen LogP contribution in [0.25, 0.3) is 0 Å². The van der Waals surface area contributed by atoms with Crippen molar-refractivity contribution >= 4 is 17.4 Å². The van der Waals surface area contributed by atoms with E-state index in [2.05, 4.69) is 24.4 Å². The fraction of sp³-hybridized carbons (Fsp3) is 0.222. The van der Waals surface area contributed by atoms with Crippen LogP contribution in [0.5, 0.6) is 11.5 Å². The van der Waals surface area contributed by atoms with Crippen molar-refractivity contribution in [1.82, 2.24) is 14.9 Å². The molecule has 0 aliphatic heterocycles. The summed E-state index contributed by atoms with van der Waals surface area (Å²) in [6.45, 7) is 1.37. The fourth-order valence-electron chi connectivity index (χ4n) is 4.31. The summed E-state index contributed by atoms with van der Waals surface area (Å²) in [4.78, 5) is 13.3. The van der Waals surface area contributed by atoms with Gasteiger partial charge in [0.15, 0.2) is 0 Å². The molecule has 0 aliphatic rings. The Bertz CT molecular complexity index is 1400. The van der Waals surface area contributed by atoms with Crippen LogP contribution >= 0.6 is 11.5 Å². The zero-order valence-electron chi connectivity index (χ0n) is 20.7. The van der Waals surface area contributed by atoms with Crippen molar-refractivity contribution in [2.45, 2.75) is 31.5 Å². The summed E-state index contributed by atoms with van der Waals surface area (Å²) in [6, 6.07) is 19.0. The minimum absolute atomic E-state index is 0.0823. The van der Waals surface area contributed by atoms with Gasteiger partial charge in [-0.3, -0.25) is 4.79 Å². The third-order valence-electron chi connectivity index (χ3n) is 6.00. The lowest BCUT2D eigenvalue weighted by Gasteiger charge is -2.36. The van der Waals surface area contributed by atoms with Gasteiger partial charge in [-0.25, -0.2) is 0 Å². The monoisotopic (exact) mass is 581 g/mol. The number of hydrogen-bond donors (Lipinski definition) is 1. The second-order valence-electron chi connectivity index (χ2n) is 8.77. The maximum atomic E-state index is 13.1. The first-order valence-corrected chi connectivity index (χ1v) is 12.5. The van der Waals surface area contributed by atoms with E-state index >= 15 is 0 Å². The first-order valence-electron chi connectivity index (χ1n) is 11.7. The smallest absolute Gasteiger partial charge is 0.406 e. The van der Waals surface area contributed by atoms with Crippen molar-refractivity contribution in [1.29, 1.82) is 0 Å². The van der Waals surface area contributed by atoms with Gasteiger partial charge in [-0.05, 0) is 65.8 Å². The van der Waals surface area contributed by atoms with Gasteiger partial charge >= 0.3 is 12.7 Å². The topological polar surface area (TPSA) is 73.3 Å². The minimum Gasteiger partial charge on any atom is -0.406 e. The van der Waals surface area contributed by atoms with Crippen LogP contribution in [0.3, 0.4) is 0 Å². The van der Waals surface area contributed by atoms with Crippen LogP contribution in [0.1, 0.15) is 32.1 Å². The number of hydrogen-bond acceptors (Lipinski definition) is 6. The zero-order chi connectivity index (χ0) is 29.0. The highest BCUT2D eigenvalue weighted by atomic mass is 32.1. The maximum Gasteiger partial charge on any atom is 0.573 e. The SMILES string of the molecule is Cc1nnsc1C(=O)NCC(Cc1ccccc1)(c1cccc(OC(F)(F)F)c1)c1cccc(OC(F)(F)F)c1. The molecule has 1 aromatic heterocycles. The van der Waals surface area contributed by atoms with Crippen molar-refractivity contribution in [2.24, 2.45) is 0 Å². The molecule has 0 saturated heterocycles. The number of nitrogens with zero attached hydrogens (tertiary/aromatic N) is 2. The molecule has 4 rings (SSSR count). The molecule has 6 nitrogen and oxygen atoms in total. The van der Waals surface area contributed by atoms with E-state index in [1.54, 1.807) is 37.3 Å². The van der Waals surface area contributed by atoms with Gasteiger partial charge in [-0.15, -0.1) is 31.4 Å². The molecule has 1 N–H and O–H groups in total. The van der Waals surface area contributed by atoms with Gasteiger partial charge in [-0.2, -0.15) is 0 Å². The Kier molecular flexibility index (Phi) is 8.33. The molecular formula is C27H21F6N3O3S. The lowest BCUT2D eigenvalue weighted by Crippen LogP contribution is -2.43. The summed E-state index contributed by atoms with van der Waals surface area (Å²) in [5, 5.41) is 6.60. The van der Waals surface area contributed by atoms with Crippen LogP contribution in [-0.4, -0.2) is 34.8 Å². The Morgan fingerprint density at radius 2 is 1.38 bits per heavy atom. The first-order chi connectivity index (χ1) is 18.8. The Balaban J connectivity index is 1.88. The van der Waals surface area contributed by atoms with Crippen LogP contribution in [-0.2, 0) is 11.8 Å². The van der Waals surface area contributed by atoms with E-state index in [4.69, 9.17) is 0 Å². The van der Waals surface area contributed by atoms with Crippen molar-refractivity contribution in [2.75, 3.05) is 6.54 Å². The van der Waals surface area contributed by atoms with Gasteiger partial charge < -0.3 is 14.8 Å². The molecule has 0 aliphatic carbocycles. The van der Waals surface area contributed by atoms with E-state index < -0.39 is 35.5 Å². The molecule has 0 saturated carbocycles. The van der Waals surface area contributed by atoms with Gasteiger partial charge in [0, 0.05) is 12.0 Å². The van der Waals surface area contributed by atoms with Gasteiger partial charge in [0.05, 0.1) is 5.69 Å². The van der Waals surface area contributed by atoms with Crippen molar-refractivity contribution < 1.29 is 40.6 Å². The Labute approximate surface area is 228 Å². The molecule has 40 heavy (non-hydrogen) atoms. The lowest BCUT2D eigenvalue weighted by molar-refractivity contribution is -0.275. The van der Waals surface area contributed by atoms with E-state index in [9.17, 15) is 31.1 Å². The van der Waals surface area contributed by atoms with Crippen molar-refractivity contribution in [3.05, 3.63) is 106 Å². The summed E-state index contributed by atoms with van der Waals surface area (Å²) >= 11 is 0.858. The molecule has 0 fully saturated rings. The molecule has 0 atom stereocenters. The molecule has 1 amide bonds. The van der Waals surface area contributed by atoms with E-state index in [0.29, 0.717) is 11.3 Å². The average molecular weight is 582 g/mol. The largest absolute Gasteiger partial charge is 0.573 e. The highest BCUT2D eigenvalue weighted by molar-refractivity contribution is 7.08. The Morgan fingerprint density at radius 1 is 0.825 bits per heavy atom. The van der Waals surface area contributed by atoms with Crippen LogP contribution in [0.4, 0.5) is 26.3 Å². The number of benzene rings is 3. The van der Waals surface area contributed by atoms with Crippen molar-refractivity contribution in [3.63, 3.8) is 0 Å². The van der Waals surface area contributed by atoms with Crippen LogP contribution in [0.15, 0.2) is 78.9 Å². The van der Waals surface area contributed by atoms with Gasteiger partial charge in [-0.1, -0.05) is 59.1 Å². The first kappa shape index (κ1) is 28.9. The summed E-state index contributed by atoms with van der Waals surface area (Å²) in [5.74, 6) is -1.60. The third-order valence-corrected chi connectivity index (χ3v) is 6.82. The average Bonchev–Trinajstić information content (AvgIpc) is 3.31. The number of ether oxygens (including phenoxy) is 2. The second kappa shape index (κ2) is 11.5. The number of rotatable bonds is 9. The quantitative estimate of drug-likeness (QED) is 0.226. The zero-order valence-corrected chi connectivity index (χ0v) is 21.5. The molecular weight excluding hydrogens is 560 g/mol. The van der Waals surface area contributed by atoms with Crippen molar-refractivity contribution in [3.8, 4) is 11.5 Å². The minimum atomic E-state index is -4.98. The van der Waals surface area contributed by atoms with E-state index in [1.165, 1.54) is 24.3 Å². The number of nitrogens with one attached hydrogen (secondary N) is 1. The van der Waals surface area contributed by atoms with Gasteiger partial charge in [0.25, 0.3) is 5.91 Å². The second-order valence-corrected chi connectivity index (χ2v) is 9.52. The number of aryl methyl sites for hydroxylation is 1. The molecule has 0 unspecified atom stereocenters. The number of amides is 1. The standard InChI is InChI=1S/C27H21F6N3O3S/c1-17-23(40-36-35-17)24(37)34-16-25(15-18-7-3-2-4-8-18,19-9-5-11-21(13-19)38-26(28,29)30)20-10-6-12-22(14-20)39-27(31,32)33/h2-14H,15-16H2,1H3,(H,34,37). The van der Waals surface area contributed by atoms with E-state index in [-0.39, 0.29) is 29.0 Å². The van der Waals surface area contributed by atoms with Crippen LogP contribution in [0.2, 0.25) is 0 Å². The Hall–Kier alpha value is -4.13. The summed E-state index contributed by atoms with van der Waals surface area (Å²) in [6.07, 6.45) is -9.88. The predicted molar refractivity (Wildman–Crippen MR) is 134 cm³/mol. The number of carbonyl (C=O) groups excluding carboxylic acids is 1. The third kappa shape index (κ3) is 7.29. The van der Waals surface area contributed by atoms with E-state index in [0.717, 1.165) is 35.8 Å². The van der Waals surface area contributed by atoms with Gasteiger partial charge in [0.1, 0.15) is 16.4 Å². The number of alkyl halides is 6. The van der Waals surface area contributed by atoms with Crippen LogP contribution in [0, 0.1) is 6.92 Å². The van der Waals surface area contributed by atoms with Gasteiger partial charge in [0.2, 0.25) is 0 Å². The molecule has 13 heteroatoms. The summed E-state index contributed by atoms with van der Waals surface area (Å²) in [7, 11) is 0. The molecule has 0 radical (unpaired) electrons. The fourth-order valence-corrected chi connectivity index (χ4v) is 4.89. The number of carbonyl (C=O) groups is 1. The lowest BCUT2D eigenvalue weighted by atomic mass is 9.70. The highest BCUT2D eigenvalue weighted by Crippen LogP contribution is 2.40. The molecule has 3 aromatic carbocycles. The molecule has 4 aromatic rings. The number of halogens is 6. The normalized spacial score (nSPS) is 12.2. The molecule has 210 valence electrons. The highest BCUT2D eigenvalue weighted by Gasteiger charge is 2.38. The molecule has 0 spiro atoms. The Morgan fingerprint density at radius 3 is 1.85 bits per heavy atom. The predicted octanol–water partition coefficient (Wildman–Crippen LogP) is 6.60. The van der Waals surface area contributed by atoms with Crippen LogP contribution < -0.4 is 14.8 Å². The maximum absolute atomic E-state index is 13.1. The van der Waals surface area contributed by atoms with E-state index in [1.807, 2.05) is 0 Å². The number of aromatic nitrogens is 2. The molecule has 1 heterocycles.